The number of nitrogens with zero attached hydrogens (tertiary/aromatic N) is 1. The summed E-state index contributed by atoms with van der Waals surface area (Å²) in [6, 6.07) is 18.1. The molecule has 67 valence electrons. The van der Waals surface area contributed by atoms with Crippen LogP contribution in [0.4, 0.5) is 5.69 Å². The molecule has 14 heavy (non-hydrogen) atoms. The monoisotopic (exact) mass is 180 g/mol. The fourth-order valence-corrected chi connectivity index (χ4v) is 1.37. The van der Waals surface area contributed by atoms with Gasteiger partial charge in [-0.05, 0) is 23.3 Å². The molecule has 1 radical (unpaired) electrons. The molecule has 0 saturated heterocycles. The summed E-state index contributed by atoms with van der Waals surface area (Å²) in [5.41, 5.74) is 3.18. The Morgan fingerprint density at radius 2 is 1.29 bits per heavy atom. The smallest absolute Gasteiger partial charge is 0.0630 e. The second-order valence-electron chi connectivity index (χ2n) is 3.04. The Kier molecular flexibility index (Phi) is 2.41. The van der Waals surface area contributed by atoms with E-state index >= 15 is 0 Å². The van der Waals surface area contributed by atoms with Crippen molar-refractivity contribution in [2.45, 2.75) is 0 Å². The van der Waals surface area contributed by atoms with Gasteiger partial charge < -0.3 is 0 Å². The molecule has 0 amide bonds. The van der Waals surface area contributed by atoms with Gasteiger partial charge in [-0.25, -0.2) is 0 Å². The first kappa shape index (κ1) is 8.70. The van der Waals surface area contributed by atoms with Crippen LogP contribution in [-0.4, -0.2) is 6.72 Å². The van der Waals surface area contributed by atoms with Crippen molar-refractivity contribution in [2.24, 2.45) is 4.99 Å². The van der Waals surface area contributed by atoms with Gasteiger partial charge in [-0.15, -0.1) is 0 Å². The van der Waals surface area contributed by atoms with Crippen molar-refractivity contribution in [1.82, 2.24) is 0 Å². The Morgan fingerprint density at radius 3 is 1.86 bits per heavy atom. The van der Waals surface area contributed by atoms with E-state index in [9.17, 15) is 0 Å². The summed E-state index contributed by atoms with van der Waals surface area (Å²) in [7, 11) is 0. The van der Waals surface area contributed by atoms with E-state index in [1.807, 2.05) is 42.5 Å². The summed E-state index contributed by atoms with van der Waals surface area (Å²) < 4.78 is 0. The summed E-state index contributed by atoms with van der Waals surface area (Å²) in [4.78, 5) is 3.61. The zero-order valence-electron chi connectivity index (χ0n) is 7.72. The van der Waals surface area contributed by atoms with Crippen molar-refractivity contribution in [3.8, 4) is 11.1 Å². The van der Waals surface area contributed by atoms with Crippen LogP contribution in [0.1, 0.15) is 0 Å². The molecule has 1 heteroatoms. The Bertz CT molecular complexity index is 415. The Morgan fingerprint density at radius 1 is 0.714 bits per heavy atom. The number of benzene rings is 2. The zero-order chi connectivity index (χ0) is 9.80. The van der Waals surface area contributed by atoms with Crippen molar-refractivity contribution < 1.29 is 0 Å². The summed E-state index contributed by atoms with van der Waals surface area (Å²) in [5, 5.41) is 0. The predicted octanol–water partition coefficient (Wildman–Crippen LogP) is 3.56. The molecular weight excluding hydrogens is 170 g/mol. The lowest BCUT2D eigenvalue weighted by Crippen LogP contribution is -1.74. The van der Waals surface area contributed by atoms with Crippen molar-refractivity contribution in [1.29, 1.82) is 0 Å². The minimum atomic E-state index is 0.796. The molecule has 2 rings (SSSR count). The van der Waals surface area contributed by atoms with Gasteiger partial charge in [-0.2, -0.15) is 0 Å². The Hall–Kier alpha value is -1.89. The SMILES string of the molecule is [CH]=Nc1ccc(-c2ccccc2)cc1. The topological polar surface area (TPSA) is 12.4 Å². The highest BCUT2D eigenvalue weighted by Crippen LogP contribution is 2.21. The average Bonchev–Trinajstić information content (AvgIpc) is 2.30. The minimum absolute atomic E-state index is 0.796. The van der Waals surface area contributed by atoms with Crippen LogP contribution in [0.15, 0.2) is 59.6 Å². The van der Waals surface area contributed by atoms with E-state index in [0.29, 0.717) is 0 Å². The first-order chi connectivity index (χ1) is 6.90. The Labute approximate surface area is 83.7 Å². The fraction of sp³-hybridized carbons (Fsp3) is 0. The molecule has 1 nitrogen and oxygen atoms in total. The molecule has 0 spiro atoms. The molecule has 0 aliphatic rings. The second-order valence-corrected chi connectivity index (χ2v) is 3.04. The van der Waals surface area contributed by atoms with Crippen molar-refractivity contribution in [3.63, 3.8) is 0 Å². The molecule has 0 fully saturated rings. The third-order valence-electron chi connectivity index (χ3n) is 2.12. The lowest BCUT2D eigenvalue weighted by Gasteiger charge is -2.00. The first-order valence-electron chi connectivity index (χ1n) is 4.46. The van der Waals surface area contributed by atoms with Crippen molar-refractivity contribution in [2.75, 3.05) is 0 Å². The molecule has 2 aromatic carbocycles. The van der Waals surface area contributed by atoms with E-state index < -0.39 is 0 Å². The molecule has 0 atom stereocenters. The van der Waals surface area contributed by atoms with Gasteiger partial charge in [-0.3, -0.25) is 4.99 Å². The summed E-state index contributed by atoms with van der Waals surface area (Å²) in [6.07, 6.45) is 0. The molecule has 0 aliphatic carbocycles. The fourth-order valence-electron chi connectivity index (χ4n) is 1.37. The largest absolute Gasteiger partial charge is 0.255 e. The summed E-state index contributed by atoms with van der Waals surface area (Å²) in [6.45, 7) is 5.16. The van der Waals surface area contributed by atoms with Crippen LogP contribution in [0.25, 0.3) is 11.1 Å². The number of hydrogen-bond donors (Lipinski definition) is 0. The van der Waals surface area contributed by atoms with Gasteiger partial charge in [0.15, 0.2) is 0 Å². The third kappa shape index (κ3) is 1.72. The van der Waals surface area contributed by atoms with Gasteiger partial charge in [0.25, 0.3) is 0 Å². The van der Waals surface area contributed by atoms with E-state index in [1.54, 1.807) is 0 Å². The van der Waals surface area contributed by atoms with Gasteiger partial charge in [0.2, 0.25) is 0 Å². The number of aliphatic imine (C=N–C) groups is 1. The van der Waals surface area contributed by atoms with E-state index in [4.69, 9.17) is 6.72 Å². The minimum Gasteiger partial charge on any atom is -0.255 e. The van der Waals surface area contributed by atoms with E-state index in [2.05, 4.69) is 17.1 Å². The first-order valence-corrected chi connectivity index (χ1v) is 4.46. The van der Waals surface area contributed by atoms with Crippen LogP contribution in [0.5, 0.6) is 0 Å². The van der Waals surface area contributed by atoms with Crippen molar-refractivity contribution >= 4 is 12.4 Å². The maximum absolute atomic E-state index is 5.16. The highest BCUT2D eigenvalue weighted by Gasteiger charge is 1.95. The predicted molar refractivity (Wildman–Crippen MR) is 60.0 cm³/mol. The van der Waals surface area contributed by atoms with Crippen molar-refractivity contribution in [3.05, 3.63) is 54.6 Å². The third-order valence-corrected chi connectivity index (χ3v) is 2.12. The maximum Gasteiger partial charge on any atom is 0.0630 e. The van der Waals surface area contributed by atoms with Crippen LogP contribution in [-0.2, 0) is 0 Å². The second kappa shape index (κ2) is 3.88. The van der Waals surface area contributed by atoms with Gasteiger partial charge in [-0.1, -0.05) is 42.5 Å². The van der Waals surface area contributed by atoms with Gasteiger partial charge in [0.05, 0.1) is 5.69 Å². The van der Waals surface area contributed by atoms with E-state index in [0.717, 1.165) is 5.69 Å². The lowest BCUT2D eigenvalue weighted by molar-refractivity contribution is 1.54. The zero-order valence-corrected chi connectivity index (χ0v) is 7.72. The highest BCUT2D eigenvalue weighted by molar-refractivity contribution is 5.65. The highest BCUT2D eigenvalue weighted by atomic mass is 14.7. The van der Waals surface area contributed by atoms with Crippen LogP contribution in [0.2, 0.25) is 0 Å². The van der Waals surface area contributed by atoms with E-state index in [-0.39, 0.29) is 0 Å². The molecule has 0 aliphatic heterocycles. The number of hydrogen-bond acceptors (Lipinski definition) is 1. The van der Waals surface area contributed by atoms with Crippen LogP contribution >= 0.6 is 0 Å². The van der Waals surface area contributed by atoms with Gasteiger partial charge in [0.1, 0.15) is 0 Å². The maximum atomic E-state index is 5.16. The lowest BCUT2D eigenvalue weighted by atomic mass is 10.1. The normalized spacial score (nSPS) is 9.71. The van der Waals surface area contributed by atoms with Crippen LogP contribution < -0.4 is 0 Å². The molecule has 0 unspecified atom stereocenters. The molecule has 0 saturated carbocycles. The average molecular weight is 180 g/mol. The quantitative estimate of drug-likeness (QED) is 0.626. The molecular formula is C13H10N. The summed E-state index contributed by atoms with van der Waals surface area (Å²) >= 11 is 0. The molecule has 0 heterocycles. The molecule has 0 aromatic heterocycles. The molecule has 0 N–H and O–H groups in total. The van der Waals surface area contributed by atoms with Crippen LogP contribution in [0.3, 0.4) is 0 Å². The van der Waals surface area contributed by atoms with Gasteiger partial charge >= 0.3 is 0 Å². The molecule has 0 bridgehead atoms. The van der Waals surface area contributed by atoms with Gasteiger partial charge in [0, 0.05) is 6.72 Å². The van der Waals surface area contributed by atoms with E-state index in [1.165, 1.54) is 11.1 Å². The standard InChI is InChI=1S/C13H10N/c1-14-13-9-7-12(8-10-13)11-5-3-2-4-6-11/h1-10H. The Balaban J connectivity index is 2.39. The summed E-state index contributed by atoms with van der Waals surface area (Å²) in [5.74, 6) is 0. The number of rotatable bonds is 2. The van der Waals surface area contributed by atoms with Crippen LogP contribution in [0, 0.1) is 0 Å². The molecule has 2 aromatic rings.